The third-order valence-corrected chi connectivity index (χ3v) is 1.79. The molecule has 0 aromatic rings. The second-order valence-corrected chi connectivity index (χ2v) is 3.75. The highest BCUT2D eigenvalue weighted by Gasteiger charge is 2.10. The van der Waals surface area contributed by atoms with Gasteiger partial charge in [-0.25, -0.2) is 0 Å². The Hall–Kier alpha value is -0.330. The summed E-state index contributed by atoms with van der Waals surface area (Å²) in [5.74, 6) is 0.745. The van der Waals surface area contributed by atoms with E-state index < -0.39 is 0 Å². The van der Waals surface area contributed by atoms with Gasteiger partial charge in [0.1, 0.15) is 5.78 Å². The highest BCUT2D eigenvalue weighted by molar-refractivity contribution is 5.80. The van der Waals surface area contributed by atoms with E-state index in [4.69, 9.17) is 0 Å². The fraction of sp³-hybridized carbons (Fsp3) is 0.929. The molecule has 0 saturated heterocycles. The van der Waals surface area contributed by atoms with Crippen molar-refractivity contribution in [1.82, 2.24) is 0 Å². The van der Waals surface area contributed by atoms with Gasteiger partial charge in [0.25, 0.3) is 0 Å². The van der Waals surface area contributed by atoms with Gasteiger partial charge < -0.3 is 0 Å². The molecule has 0 aliphatic rings. The van der Waals surface area contributed by atoms with Crippen molar-refractivity contribution in [2.24, 2.45) is 5.92 Å². The maximum atomic E-state index is 11.0. The molecule has 1 nitrogen and oxygen atoms in total. The second kappa shape index (κ2) is 19.3. The fourth-order valence-corrected chi connectivity index (χ4v) is 1.03. The molecule has 0 heterocycles. The molecule has 0 fully saturated rings. The van der Waals surface area contributed by atoms with E-state index in [9.17, 15) is 4.79 Å². The molecular weight excluding hydrogens is 184 g/mol. The molecule has 0 aromatic heterocycles. The molecule has 15 heavy (non-hydrogen) atoms. The first-order chi connectivity index (χ1) is 7.09. The number of Topliss-reactive ketones (excluding diaryl/α,β-unsaturated/α-hetero) is 1. The predicted molar refractivity (Wildman–Crippen MR) is 71.3 cm³/mol. The van der Waals surface area contributed by atoms with Crippen molar-refractivity contribution >= 4 is 5.78 Å². The summed E-state index contributed by atoms with van der Waals surface area (Å²) in [7, 11) is 0. The van der Waals surface area contributed by atoms with Gasteiger partial charge in [-0.1, -0.05) is 61.3 Å². The highest BCUT2D eigenvalue weighted by atomic mass is 16.1. The molecule has 0 aromatic carbocycles. The summed E-state index contributed by atoms with van der Waals surface area (Å²) in [6.45, 7) is 14.6. The summed E-state index contributed by atoms with van der Waals surface area (Å²) < 4.78 is 0. The largest absolute Gasteiger partial charge is 0.299 e. The Labute approximate surface area is 97.7 Å². The lowest BCUT2D eigenvalue weighted by molar-refractivity contribution is -0.122. The first kappa shape index (κ1) is 20.1. The van der Waals surface area contributed by atoms with Crippen LogP contribution in [0.25, 0.3) is 0 Å². The van der Waals surface area contributed by atoms with Gasteiger partial charge in [0.2, 0.25) is 0 Å². The molecule has 0 aliphatic carbocycles. The summed E-state index contributed by atoms with van der Waals surface area (Å²) in [4.78, 5) is 11.0. The Morgan fingerprint density at radius 3 is 1.13 bits per heavy atom. The zero-order chi connectivity index (χ0) is 12.7. The number of ketones is 1. The molecule has 0 N–H and O–H groups in total. The van der Waals surface area contributed by atoms with Crippen molar-refractivity contribution in [1.29, 1.82) is 0 Å². The van der Waals surface area contributed by atoms with Gasteiger partial charge in [-0.15, -0.1) is 0 Å². The van der Waals surface area contributed by atoms with Crippen molar-refractivity contribution in [3.05, 3.63) is 0 Å². The molecule has 0 amide bonds. The minimum Gasteiger partial charge on any atom is -0.299 e. The van der Waals surface area contributed by atoms with Crippen molar-refractivity contribution in [3.63, 3.8) is 0 Å². The van der Waals surface area contributed by atoms with Crippen LogP contribution in [0, 0.1) is 5.92 Å². The highest BCUT2D eigenvalue weighted by Crippen LogP contribution is 2.09. The average molecular weight is 216 g/mol. The van der Waals surface area contributed by atoms with E-state index in [2.05, 4.69) is 41.5 Å². The van der Waals surface area contributed by atoms with Gasteiger partial charge in [-0.3, -0.25) is 4.79 Å². The zero-order valence-corrected chi connectivity index (χ0v) is 12.0. The van der Waals surface area contributed by atoms with Crippen molar-refractivity contribution in [2.45, 2.75) is 80.6 Å². The van der Waals surface area contributed by atoms with Crippen LogP contribution >= 0.6 is 0 Å². The van der Waals surface area contributed by atoms with E-state index in [1.165, 1.54) is 12.8 Å². The Morgan fingerprint density at radius 1 is 0.800 bits per heavy atom. The molecule has 0 spiro atoms. The molecular formula is C14H32O. The van der Waals surface area contributed by atoms with Crippen LogP contribution in [0.2, 0.25) is 0 Å². The molecule has 0 aliphatic heterocycles. The van der Waals surface area contributed by atoms with E-state index in [0.29, 0.717) is 18.1 Å². The Kier molecular flexibility index (Phi) is 25.9. The van der Waals surface area contributed by atoms with Crippen molar-refractivity contribution in [3.8, 4) is 0 Å². The summed E-state index contributed by atoms with van der Waals surface area (Å²) in [6.07, 6.45) is 5.21. The molecule has 0 bridgehead atoms. The number of carbonyl (C=O) groups is 1. The molecule has 1 heteroatoms. The molecule has 0 rings (SSSR count). The summed E-state index contributed by atoms with van der Waals surface area (Å²) in [6, 6.07) is 0. The lowest BCUT2D eigenvalue weighted by Crippen LogP contribution is -2.10. The average Bonchev–Trinajstić information content (AvgIpc) is 2.21. The van der Waals surface area contributed by atoms with Crippen LogP contribution in [-0.4, -0.2) is 5.78 Å². The first-order valence-corrected chi connectivity index (χ1v) is 6.61. The third-order valence-electron chi connectivity index (χ3n) is 1.79. The predicted octanol–water partition coefficient (Wildman–Crippen LogP) is 5.23. The zero-order valence-electron chi connectivity index (χ0n) is 12.0. The molecule has 0 radical (unpaired) electrons. The molecule has 94 valence electrons. The van der Waals surface area contributed by atoms with E-state index in [1.54, 1.807) is 0 Å². The lowest BCUT2D eigenvalue weighted by atomic mass is 9.97. The topological polar surface area (TPSA) is 17.1 Å². The second-order valence-electron chi connectivity index (χ2n) is 3.75. The number of hydrogen-bond acceptors (Lipinski definition) is 1. The number of carbonyl (C=O) groups excluding carboxylic acids is 1. The van der Waals surface area contributed by atoms with Crippen LogP contribution in [-0.2, 0) is 4.79 Å². The first-order valence-electron chi connectivity index (χ1n) is 6.61. The Balaban J connectivity index is -0.000000200. The molecule has 0 saturated carbocycles. The van der Waals surface area contributed by atoms with Gasteiger partial charge in [0.15, 0.2) is 0 Å². The summed E-state index contributed by atoms with van der Waals surface area (Å²) in [5.41, 5.74) is 0. The fourth-order valence-electron chi connectivity index (χ4n) is 1.03. The van der Waals surface area contributed by atoms with E-state index >= 15 is 0 Å². The third kappa shape index (κ3) is 19.9. The van der Waals surface area contributed by atoms with E-state index in [-0.39, 0.29) is 0 Å². The van der Waals surface area contributed by atoms with Gasteiger partial charge in [-0.05, 0) is 12.8 Å². The lowest BCUT2D eigenvalue weighted by Gasteiger charge is -2.07. The van der Waals surface area contributed by atoms with Gasteiger partial charge in [0, 0.05) is 12.3 Å². The minimum atomic E-state index is 0.329. The van der Waals surface area contributed by atoms with Gasteiger partial charge in [-0.2, -0.15) is 0 Å². The smallest absolute Gasteiger partial charge is 0.135 e. The maximum Gasteiger partial charge on any atom is 0.135 e. The van der Waals surface area contributed by atoms with Gasteiger partial charge in [0.05, 0.1) is 0 Å². The van der Waals surface area contributed by atoms with E-state index in [0.717, 1.165) is 12.8 Å². The van der Waals surface area contributed by atoms with E-state index in [1.807, 2.05) is 6.92 Å². The van der Waals surface area contributed by atoms with Gasteiger partial charge >= 0.3 is 0 Å². The van der Waals surface area contributed by atoms with Crippen molar-refractivity contribution < 1.29 is 4.79 Å². The number of rotatable bonds is 4. The summed E-state index contributed by atoms with van der Waals surface area (Å²) in [5, 5.41) is 0. The van der Waals surface area contributed by atoms with Crippen LogP contribution in [0.4, 0.5) is 0 Å². The SMILES string of the molecule is CCC.CCC.CCC(=O)C(CC)CC. The monoisotopic (exact) mass is 216 g/mol. The summed E-state index contributed by atoms with van der Waals surface area (Å²) >= 11 is 0. The van der Waals surface area contributed by atoms with Crippen LogP contribution in [0.3, 0.4) is 0 Å². The van der Waals surface area contributed by atoms with Crippen LogP contribution < -0.4 is 0 Å². The Morgan fingerprint density at radius 2 is 1.07 bits per heavy atom. The Bertz CT molecular complexity index is 102. The van der Waals surface area contributed by atoms with Crippen LogP contribution in [0.1, 0.15) is 80.6 Å². The minimum absolute atomic E-state index is 0.329. The standard InChI is InChI=1S/C8H16O.2C3H8/c1-4-7(5-2)8(9)6-3;2*1-3-2/h7H,4-6H2,1-3H3;2*3H2,1-2H3. The van der Waals surface area contributed by atoms with Crippen LogP contribution in [0.15, 0.2) is 0 Å². The van der Waals surface area contributed by atoms with Crippen molar-refractivity contribution in [2.75, 3.05) is 0 Å². The maximum absolute atomic E-state index is 11.0. The quantitative estimate of drug-likeness (QED) is 0.628. The normalized spacial score (nSPS) is 8.53. The molecule has 0 unspecified atom stereocenters. The van der Waals surface area contributed by atoms with Crippen LogP contribution in [0.5, 0.6) is 0 Å². The molecule has 0 atom stereocenters. The number of hydrogen-bond donors (Lipinski definition) is 0.